The van der Waals surface area contributed by atoms with Gasteiger partial charge in [0.05, 0.1) is 6.42 Å². The molecule has 22 heavy (non-hydrogen) atoms. The van der Waals surface area contributed by atoms with Crippen LogP contribution in [0.15, 0.2) is 21.7 Å². The highest BCUT2D eigenvalue weighted by molar-refractivity contribution is 7.91. The number of hydrogen-bond acceptors (Lipinski definition) is 5. The summed E-state index contributed by atoms with van der Waals surface area (Å²) in [6.07, 6.45) is 0.850. The lowest BCUT2D eigenvalue weighted by Crippen LogP contribution is -2.48. The lowest BCUT2D eigenvalue weighted by Gasteiger charge is -2.24. The lowest BCUT2D eigenvalue weighted by atomic mass is 10.2. The van der Waals surface area contributed by atoms with E-state index in [0.29, 0.717) is 19.4 Å². The summed E-state index contributed by atoms with van der Waals surface area (Å²) in [5.41, 5.74) is 0. The van der Waals surface area contributed by atoms with E-state index in [4.69, 9.17) is 5.11 Å². The topological polar surface area (TPSA) is 104 Å². The van der Waals surface area contributed by atoms with Crippen molar-refractivity contribution in [3.63, 3.8) is 0 Å². The molecule has 1 saturated heterocycles. The fourth-order valence-electron chi connectivity index (χ4n) is 2.47. The molecule has 1 aromatic rings. The first-order valence-electron chi connectivity index (χ1n) is 6.90. The van der Waals surface area contributed by atoms with E-state index in [9.17, 15) is 18.0 Å². The number of aliphatic carboxylic acids is 1. The third kappa shape index (κ3) is 3.65. The van der Waals surface area contributed by atoms with Crippen molar-refractivity contribution in [2.75, 3.05) is 6.54 Å². The summed E-state index contributed by atoms with van der Waals surface area (Å²) in [5.74, 6) is -1.45. The molecule has 7 nitrogen and oxygen atoms in total. The van der Waals surface area contributed by atoms with Crippen molar-refractivity contribution >= 4 is 33.2 Å². The molecule has 0 aliphatic carbocycles. The molecule has 2 unspecified atom stereocenters. The number of sulfonamides is 1. The third-order valence-corrected chi connectivity index (χ3v) is 6.72. The van der Waals surface area contributed by atoms with Crippen LogP contribution < -0.4 is 5.32 Å². The Morgan fingerprint density at radius 3 is 2.86 bits per heavy atom. The van der Waals surface area contributed by atoms with Gasteiger partial charge in [-0.3, -0.25) is 9.59 Å². The Kier molecular flexibility index (Phi) is 5.20. The molecule has 0 bridgehead atoms. The number of nitrogens with one attached hydrogen (secondary N) is 1. The number of hydrogen-bond donors (Lipinski definition) is 2. The number of carboxylic acids is 1. The average molecular weight is 346 g/mol. The van der Waals surface area contributed by atoms with Crippen LogP contribution in [0.2, 0.25) is 0 Å². The van der Waals surface area contributed by atoms with E-state index < -0.39 is 34.0 Å². The molecule has 2 rings (SSSR count). The summed E-state index contributed by atoms with van der Waals surface area (Å²) < 4.78 is 26.5. The number of amides is 1. The third-order valence-electron chi connectivity index (χ3n) is 3.43. The smallest absolute Gasteiger partial charge is 0.305 e. The van der Waals surface area contributed by atoms with Gasteiger partial charge in [-0.25, -0.2) is 8.42 Å². The van der Waals surface area contributed by atoms with Gasteiger partial charge in [-0.1, -0.05) is 6.07 Å². The number of carbonyl (C=O) groups excluding carboxylic acids is 1. The molecule has 0 aromatic carbocycles. The van der Waals surface area contributed by atoms with Crippen LogP contribution in [0.4, 0.5) is 0 Å². The summed E-state index contributed by atoms with van der Waals surface area (Å²) in [7, 11) is -3.67. The van der Waals surface area contributed by atoms with E-state index in [1.807, 2.05) is 0 Å². The SMILES string of the molecule is CC(CC(=O)O)NC(=O)C1CCCN1S(=O)(=O)c1cccs1. The summed E-state index contributed by atoms with van der Waals surface area (Å²) in [4.78, 5) is 22.9. The molecule has 2 heterocycles. The second-order valence-electron chi connectivity index (χ2n) is 5.21. The van der Waals surface area contributed by atoms with E-state index in [-0.39, 0.29) is 10.6 Å². The molecule has 1 aromatic heterocycles. The monoisotopic (exact) mass is 346 g/mol. The molecule has 0 saturated carbocycles. The highest BCUT2D eigenvalue weighted by atomic mass is 32.2. The van der Waals surface area contributed by atoms with Gasteiger partial charge in [0.25, 0.3) is 10.0 Å². The first kappa shape index (κ1) is 16.9. The molecular weight excluding hydrogens is 328 g/mol. The van der Waals surface area contributed by atoms with Gasteiger partial charge in [-0.2, -0.15) is 4.31 Å². The molecule has 9 heteroatoms. The van der Waals surface area contributed by atoms with Crippen molar-refractivity contribution in [3.05, 3.63) is 17.5 Å². The van der Waals surface area contributed by atoms with Crippen molar-refractivity contribution in [3.8, 4) is 0 Å². The molecule has 0 spiro atoms. The average Bonchev–Trinajstić information content (AvgIpc) is 3.09. The Morgan fingerprint density at radius 1 is 1.55 bits per heavy atom. The van der Waals surface area contributed by atoms with Gasteiger partial charge in [-0.15, -0.1) is 11.3 Å². The zero-order valence-electron chi connectivity index (χ0n) is 12.1. The highest BCUT2D eigenvalue weighted by Crippen LogP contribution is 2.28. The first-order chi connectivity index (χ1) is 10.3. The first-order valence-corrected chi connectivity index (χ1v) is 9.22. The predicted molar refractivity (Wildman–Crippen MR) is 81.1 cm³/mol. The Hall–Kier alpha value is -1.45. The number of thiophene rings is 1. The quantitative estimate of drug-likeness (QED) is 0.796. The van der Waals surface area contributed by atoms with Crippen molar-refractivity contribution in [1.82, 2.24) is 9.62 Å². The Labute approximate surface area is 133 Å². The summed E-state index contributed by atoms with van der Waals surface area (Å²) in [5, 5.41) is 13.0. The van der Waals surface area contributed by atoms with Crippen molar-refractivity contribution < 1.29 is 23.1 Å². The number of nitrogens with zero attached hydrogens (tertiary/aromatic N) is 1. The molecule has 2 atom stereocenters. The Bertz CT molecular complexity index is 641. The zero-order valence-corrected chi connectivity index (χ0v) is 13.7. The van der Waals surface area contributed by atoms with Gasteiger partial charge in [0.1, 0.15) is 10.3 Å². The van der Waals surface area contributed by atoms with Crippen LogP contribution in [-0.2, 0) is 19.6 Å². The fraction of sp³-hybridized carbons (Fsp3) is 0.538. The minimum absolute atomic E-state index is 0.198. The van der Waals surface area contributed by atoms with Gasteiger partial charge in [0.2, 0.25) is 5.91 Å². The molecular formula is C13H18N2O5S2. The maximum Gasteiger partial charge on any atom is 0.305 e. The van der Waals surface area contributed by atoms with Gasteiger partial charge >= 0.3 is 5.97 Å². The van der Waals surface area contributed by atoms with Crippen LogP contribution in [0.1, 0.15) is 26.2 Å². The molecule has 0 radical (unpaired) electrons. The number of rotatable bonds is 6. The standard InChI is InChI=1S/C13H18N2O5S2/c1-9(8-11(16)17)14-13(18)10-4-2-6-15(10)22(19,20)12-5-3-7-21-12/h3,5,7,9-10H,2,4,6,8H2,1H3,(H,14,18)(H,16,17). The number of carbonyl (C=O) groups is 2. The predicted octanol–water partition coefficient (Wildman–Crippen LogP) is 0.881. The molecule has 122 valence electrons. The van der Waals surface area contributed by atoms with Crippen LogP contribution in [0.3, 0.4) is 0 Å². The van der Waals surface area contributed by atoms with Crippen LogP contribution in [0.25, 0.3) is 0 Å². The number of carboxylic acid groups (broad SMARTS) is 1. The molecule has 1 amide bonds. The van der Waals surface area contributed by atoms with Gasteiger partial charge in [0, 0.05) is 12.6 Å². The fourth-order valence-corrected chi connectivity index (χ4v) is 5.24. The summed E-state index contributed by atoms with van der Waals surface area (Å²) in [6.45, 7) is 1.88. The maximum absolute atomic E-state index is 12.5. The van der Waals surface area contributed by atoms with Crippen molar-refractivity contribution in [2.24, 2.45) is 0 Å². The normalized spacial score (nSPS) is 20.7. The van der Waals surface area contributed by atoms with E-state index in [1.54, 1.807) is 18.4 Å². The second kappa shape index (κ2) is 6.76. The van der Waals surface area contributed by atoms with Crippen LogP contribution in [0.5, 0.6) is 0 Å². The second-order valence-corrected chi connectivity index (χ2v) is 8.28. The molecule has 1 aliphatic heterocycles. The molecule has 1 aliphatic rings. The van der Waals surface area contributed by atoms with Crippen LogP contribution in [-0.4, -0.2) is 48.3 Å². The van der Waals surface area contributed by atoms with E-state index >= 15 is 0 Å². The van der Waals surface area contributed by atoms with E-state index in [0.717, 1.165) is 11.3 Å². The minimum atomic E-state index is -3.67. The van der Waals surface area contributed by atoms with Gasteiger partial charge in [0.15, 0.2) is 0 Å². The highest BCUT2D eigenvalue weighted by Gasteiger charge is 2.40. The molecule has 1 fully saturated rings. The Balaban J connectivity index is 2.11. The maximum atomic E-state index is 12.5. The van der Waals surface area contributed by atoms with Crippen LogP contribution in [0, 0.1) is 0 Å². The van der Waals surface area contributed by atoms with Gasteiger partial charge < -0.3 is 10.4 Å². The molecule has 2 N–H and O–H groups in total. The zero-order chi connectivity index (χ0) is 16.3. The largest absolute Gasteiger partial charge is 0.481 e. The Morgan fingerprint density at radius 2 is 2.27 bits per heavy atom. The lowest BCUT2D eigenvalue weighted by molar-refractivity contribution is -0.137. The minimum Gasteiger partial charge on any atom is -0.481 e. The van der Waals surface area contributed by atoms with Crippen molar-refractivity contribution in [2.45, 2.75) is 42.5 Å². The van der Waals surface area contributed by atoms with Crippen molar-refractivity contribution in [1.29, 1.82) is 0 Å². The van der Waals surface area contributed by atoms with Crippen LogP contribution >= 0.6 is 11.3 Å². The summed E-state index contributed by atoms with van der Waals surface area (Å²) >= 11 is 1.11. The van der Waals surface area contributed by atoms with Gasteiger partial charge in [-0.05, 0) is 31.2 Å². The van der Waals surface area contributed by atoms with E-state index in [2.05, 4.69) is 5.32 Å². The summed E-state index contributed by atoms with van der Waals surface area (Å²) in [6, 6.07) is 1.85. The van der Waals surface area contributed by atoms with E-state index in [1.165, 1.54) is 10.4 Å².